The van der Waals surface area contributed by atoms with Crippen molar-refractivity contribution in [2.24, 2.45) is 5.92 Å². The third-order valence-corrected chi connectivity index (χ3v) is 7.36. The van der Waals surface area contributed by atoms with E-state index < -0.39 is 0 Å². The number of hydrogen-bond donors (Lipinski definition) is 1. The predicted octanol–water partition coefficient (Wildman–Crippen LogP) is 4.92. The molecule has 1 N–H and O–H groups in total. The summed E-state index contributed by atoms with van der Waals surface area (Å²) in [7, 11) is 4.00. The number of nitrogens with zero attached hydrogens (tertiary/aromatic N) is 3. The lowest BCUT2D eigenvalue weighted by Crippen LogP contribution is -2.15. The van der Waals surface area contributed by atoms with Gasteiger partial charge in [0.25, 0.3) is 0 Å². The normalized spacial score (nSPS) is 15.9. The first-order valence-corrected chi connectivity index (χ1v) is 11.7. The summed E-state index contributed by atoms with van der Waals surface area (Å²) in [5.41, 5.74) is 3.32. The molecular formula is C22H26N4OS2. The molecule has 4 rings (SSSR count). The zero-order chi connectivity index (χ0) is 20.5. The van der Waals surface area contributed by atoms with E-state index in [1.807, 2.05) is 50.2 Å². The van der Waals surface area contributed by atoms with Crippen molar-refractivity contribution in [1.82, 2.24) is 9.97 Å². The Balaban J connectivity index is 1.50. The molecule has 1 aliphatic carbocycles. The largest absolute Gasteiger partial charge is 0.378 e. The molecule has 0 bridgehead atoms. The fourth-order valence-corrected chi connectivity index (χ4v) is 6.08. The average Bonchev–Trinajstić information content (AvgIpc) is 3.03. The van der Waals surface area contributed by atoms with E-state index >= 15 is 0 Å². The first-order chi connectivity index (χ1) is 13.9. The number of nitrogens with one attached hydrogen (secondary N) is 1. The van der Waals surface area contributed by atoms with Crippen LogP contribution in [0.15, 0.2) is 29.3 Å². The van der Waals surface area contributed by atoms with Crippen molar-refractivity contribution in [1.29, 1.82) is 0 Å². The van der Waals surface area contributed by atoms with Gasteiger partial charge < -0.3 is 10.2 Å². The van der Waals surface area contributed by atoms with E-state index in [1.165, 1.54) is 34.0 Å². The van der Waals surface area contributed by atoms with Gasteiger partial charge in [0, 0.05) is 35.7 Å². The Bertz CT molecular complexity index is 1040. The minimum absolute atomic E-state index is 0.0188. The fraction of sp³-hybridized carbons (Fsp3) is 0.409. The summed E-state index contributed by atoms with van der Waals surface area (Å²) in [6, 6.07) is 7.86. The molecule has 0 radical (unpaired) electrons. The molecule has 5 nitrogen and oxygen atoms in total. The van der Waals surface area contributed by atoms with Gasteiger partial charge in [0.05, 0.1) is 5.75 Å². The van der Waals surface area contributed by atoms with Crippen LogP contribution in [-0.2, 0) is 17.6 Å². The van der Waals surface area contributed by atoms with Gasteiger partial charge in [0.2, 0.25) is 5.91 Å². The molecule has 7 heteroatoms. The molecule has 152 valence electrons. The zero-order valence-corrected chi connectivity index (χ0v) is 18.9. The smallest absolute Gasteiger partial charge is 0.234 e. The first kappa shape index (κ1) is 20.2. The van der Waals surface area contributed by atoms with Crippen molar-refractivity contribution in [3.63, 3.8) is 0 Å². The van der Waals surface area contributed by atoms with Crippen LogP contribution in [0.25, 0.3) is 10.2 Å². The van der Waals surface area contributed by atoms with Crippen LogP contribution in [0.4, 0.5) is 11.4 Å². The van der Waals surface area contributed by atoms with E-state index in [1.54, 1.807) is 11.3 Å². The molecule has 1 aromatic carbocycles. The third kappa shape index (κ3) is 4.41. The fourth-order valence-electron chi connectivity index (χ4n) is 3.69. The molecule has 1 amide bonds. The maximum Gasteiger partial charge on any atom is 0.234 e. The lowest BCUT2D eigenvalue weighted by atomic mass is 9.89. The van der Waals surface area contributed by atoms with Gasteiger partial charge in [-0.25, -0.2) is 9.97 Å². The molecule has 2 aromatic heterocycles. The number of amides is 1. The van der Waals surface area contributed by atoms with Crippen LogP contribution >= 0.6 is 23.1 Å². The van der Waals surface area contributed by atoms with Crippen molar-refractivity contribution < 1.29 is 4.79 Å². The number of fused-ring (bicyclic) bond motifs is 3. The molecular weight excluding hydrogens is 400 g/mol. The summed E-state index contributed by atoms with van der Waals surface area (Å²) in [5.74, 6) is 1.81. The van der Waals surface area contributed by atoms with Gasteiger partial charge in [-0.15, -0.1) is 11.3 Å². The molecule has 1 aliphatic rings. The van der Waals surface area contributed by atoms with Crippen LogP contribution < -0.4 is 10.2 Å². The maximum atomic E-state index is 12.5. The predicted molar refractivity (Wildman–Crippen MR) is 123 cm³/mol. The molecule has 0 aliphatic heterocycles. The first-order valence-electron chi connectivity index (χ1n) is 9.89. The molecule has 0 spiro atoms. The second-order valence-electron chi connectivity index (χ2n) is 7.89. The summed E-state index contributed by atoms with van der Waals surface area (Å²) in [6.07, 6.45) is 3.42. The number of carbonyl (C=O) groups excluding carboxylic acids is 1. The Labute approximate surface area is 179 Å². The second-order valence-corrected chi connectivity index (χ2v) is 9.93. The monoisotopic (exact) mass is 426 g/mol. The van der Waals surface area contributed by atoms with Gasteiger partial charge >= 0.3 is 0 Å². The Hall–Kier alpha value is -2.12. The number of benzene rings is 1. The van der Waals surface area contributed by atoms with E-state index in [4.69, 9.17) is 0 Å². The zero-order valence-electron chi connectivity index (χ0n) is 17.3. The average molecular weight is 427 g/mol. The summed E-state index contributed by atoms with van der Waals surface area (Å²) >= 11 is 3.32. The number of rotatable bonds is 5. The summed E-state index contributed by atoms with van der Waals surface area (Å²) in [5, 5.41) is 5.10. The Morgan fingerprint density at radius 2 is 2.03 bits per heavy atom. The number of thiophene rings is 1. The van der Waals surface area contributed by atoms with E-state index in [-0.39, 0.29) is 5.91 Å². The lowest BCUT2D eigenvalue weighted by Gasteiger charge is -2.18. The SMILES string of the molecule is Cc1nc(SCC(=O)Nc2ccc(N(C)C)cc2)c2c3c(sc2n1)C[C@H](C)CC3. The Morgan fingerprint density at radius 1 is 1.28 bits per heavy atom. The van der Waals surface area contributed by atoms with Crippen LogP contribution in [0.2, 0.25) is 0 Å². The van der Waals surface area contributed by atoms with Gasteiger partial charge in [0.15, 0.2) is 0 Å². The standard InChI is InChI=1S/C22H26N4OS2/c1-13-5-10-17-18(11-13)29-22-20(17)21(23-14(2)24-22)28-12-19(27)25-15-6-8-16(9-7-15)26(3)4/h6-9,13H,5,10-12H2,1-4H3,(H,25,27)/t13-/m1/s1. The minimum Gasteiger partial charge on any atom is -0.378 e. The van der Waals surface area contributed by atoms with Gasteiger partial charge in [0.1, 0.15) is 15.7 Å². The molecule has 0 fully saturated rings. The molecule has 29 heavy (non-hydrogen) atoms. The number of thioether (sulfide) groups is 1. The Morgan fingerprint density at radius 3 is 2.76 bits per heavy atom. The van der Waals surface area contributed by atoms with Crippen molar-refractivity contribution in [3.8, 4) is 0 Å². The van der Waals surface area contributed by atoms with Crippen molar-refractivity contribution in [2.75, 3.05) is 30.1 Å². The second kappa shape index (κ2) is 8.32. The van der Waals surface area contributed by atoms with Crippen LogP contribution in [0.5, 0.6) is 0 Å². The topological polar surface area (TPSA) is 58.1 Å². The van der Waals surface area contributed by atoms with E-state index in [0.29, 0.717) is 5.75 Å². The van der Waals surface area contributed by atoms with Gasteiger partial charge in [-0.2, -0.15) is 0 Å². The highest BCUT2D eigenvalue weighted by molar-refractivity contribution is 8.00. The number of anilines is 2. The van der Waals surface area contributed by atoms with Crippen molar-refractivity contribution in [2.45, 2.75) is 38.1 Å². The van der Waals surface area contributed by atoms with E-state index in [0.717, 1.165) is 45.8 Å². The number of hydrogen-bond acceptors (Lipinski definition) is 6. The highest BCUT2D eigenvalue weighted by atomic mass is 32.2. The lowest BCUT2D eigenvalue weighted by molar-refractivity contribution is -0.113. The molecule has 0 saturated heterocycles. The van der Waals surface area contributed by atoms with Gasteiger partial charge in [-0.05, 0) is 61.9 Å². The summed E-state index contributed by atoms with van der Waals surface area (Å²) in [6.45, 7) is 4.24. The van der Waals surface area contributed by atoms with E-state index in [2.05, 4.69) is 22.2 Å². The van der Waals surface area contributed by atoms with E-state index in [9.17, 15) is 4.79 Å². The van der Waals surface area contributed by atoms with Gasteiger partial charge in [-0.3, -0.25) is 4.79 Å². The van der Waals surface area contributed by atoms with Crippen LogP contribution in [0.3, 0.4) is 0 Å². The molecule has 0 saturated carbocycles. The number of carbonyl (C=O) groups is 1. The number of aromatic nitrogens is 2. The highest BCUT2D eigenvalue weighted by Crippen LogP contribution is 2.40. The summed E-state index contributed by atoms with van der Waals surface area (Å²) in [4.78, 5) is 26.4. The van der Waals surface area contributed by atoms with Crippen LogP contribution in [0.1, 0.15) is 29.6 Å². The van der Waals surface area contributed by atoms with Crippen LogP contribution in [0, 0.1) is 12.8 Å². The molecule has 0 unspecified atom stereocenters. The maximum absolute atomic E-state index is 12.5. The van der Waals surface area contributed by atoms with Crippen LogP contribution in [-0.4, -0.2) is 35.7 Å². The Kier molecular flexibility index (Phi) is 5.79. The minimum atomic E-state index is -0.0188. The molecule has 2 heterocycles. The van der Waals surface area contributed by atoms with Gasteiger partial charge in [-0.1, -0.05) is 18.7 Å². The number of aryl methyl sites for hydroxylation is 2. The third-order valence-electron chi connectivity index (χ3n) is 5.24. The molecule has 3 aromatic rings. The molecule has 1 atom stereocenters. The van der Waals surface area contributed by atoms with Crippen molar-refractivity contribution >= 4 is 50.6 Å². The van der Waals surface area contributed by atoms with Crippen molar-refractivity contribution in [3.05, 3.63) is 40.5 Å². The quantitative estimate of drug-likeness (QED) is 0.463. The summed E-state index contributed by atoms with van der Waals surface area (Å²) < 4.78 is 0. The highest BCUT2D eigenvalue weighted by Gasteiger charge is 2.24.